The van der Waals surface area contributed by atoms with E-state index in [1.807, 2.05) is 0 Å². The Morgan fingerprint density at radius 2 is 1.72 bits per heavy atom. The topological polar surface area (TPSA) is 15.3 Å². The molecule has 2 atom stereocenters. The lowest BCUT2D eigenvalue weighted by atomic mass is 9.78. The van der Waals surface area contributed by atoms with Crippen molar-refractivity contribution < 1.29 is 0 Å². The van der Waals surface area contributed by atoms with Crippen molar-refractivity contribution in [1.29, 1.82) is 0 Å². The fraction of sp³-hybridized carbons (Fsp3) is 1.00. The Labute approximate surface area is 114 Å². The van der Waals surface area contributed by atoms with Gasteiger partial charge >= 0.3 is 0 Å². The molecular weight excluding hydrogens is 220 g/mol. The number of hydrogen-bond donors (Lipinski definition) is 1. The predicted molar refractivity (Wildman–Crippen MR) is 78.9 cm³/mol. The Balaban J connectivity index is 1.67. The van der Waals surface area contributed by atoms with E-state index in [0.717, 1.165) is 17.9 Å². The molecular formula is C16H32N2. The summed E-state index contributed by atoms with van der Waals surface area (Å²) in [5.41, 5.74) is 0. The molecule has 1 aliphatic heterocycles. The van der Waals surface area contributed by atoms with E-state index in [1.165, 1.54) is 71.1 Å². The summed E-state index contributed by atoms with van der Waals surface area (Å²) in [5, 5.41) is 3.86. The van der Waals surface area contributed by atoms with E-state index in [4.69, 9.17) is 0 Å². The van der Waals surface area contributed by atoms with Gasteiger partial charge in [-0.15, -0.1) is 0 Å². The molecule has 2 fully saturated rings. The molecule has 1 saturated carbocycles. The smallest absolute Gasteiger partial charge is 0.0107 e. The maximum absolute atomic E-state index is 3.86. The van der Waals surface area contributed by atoms with Crippen LogP contribution in [0.1, 0.15) is 58.8 Å². The van der Waals surface area contributed by atoms with Crippen LogP contribution in [0.4, 0.5) is 0 Å². The highest BCUT2D eigenvalue weighted by atomic mass is 15.1. The number of nitrogens with one attached hydrogen (secondary N) is 1. The van der Waals surface area contributed by atoms with Gasteiger partial charge in [0.15, 0.2) is 0 Å². The Morgan fingerprint density at radius 1 is 1.00 bits per heavy atom. The predicted octanol–water partition coefficient (Wildman–Crippen LogP) is 3.28. The van der Waals surface area contributed by atoms with Gasteiger partial charge in [-0.05, 0) is 50.6 Å². The first-order valence-electron chi connectivity index (χ1n) is 8.23. The molecule has 0 aromatic heterocycles. The third-order valence-corrected chi connectivity index (χ3v) is 4.96. The fourth-order valence-electron chi connectivity index (χ4n) is 3.80. The van der Waals surface area contributed by atoms with Crippen molar-refractivity contribution in [3.8, 4) is 0 Å². The maximum atomic E-state index is 3.86. The lowest BCUT2D eigenvalue weighted by Gasteiger charge is -2.36. The van der Waals surface area contributed by atoms with Crippen LogP contribution in [0.5, 0.6) is 0 Å². The molecule has 2 nitrogen and oxygen atoms in total. The largest absolute Gasteiger partial charge is 0.312 e. The molecule has 0 bridgehead atoms. The molecule has 1 saturated heterocycles. The summed E-state index contributed by atoms with van der Waals surface area (Å²) in [7, 11) is 0. The molecule has 106 valence electrons. The summed E-state index contributed by atoms with van der Waals surface area (Å²) in [6, 6.07) is 0.795. The molecule has 0 radical (unpaired) electrons. The zero-order valence-corrected chi connectivity index (χ0v) is 12.5. The number of hydrogen-bond acceptors (Lipinski definition) is 2. The van der Waals surface area contributed by atoms with E-state index in [2.05, 4.69) is 24.1 Å². The summed E-state index contributed by atoms with van der Waals surface area (Å²) in [5.74, 6) is 1.76. The monoisotopic (exact) mass is 252 g/mol. The minimum Gasteiger partial charge on any atom is -0.312 e. The third-order valence-electron chi connectivity index (χ3n) is 4.96. The van der Waals surface area contributed by atoms with E-state index in [0.29, 0.717) is 0 Å². The highest BCUT2D eigenvalue weighted by molar-refractivity contribution is 4.83. The van der Waals surface area contributed by atoms with Crippen molar-refractivity contribution in [2.24, 2.45) is 11.8 Å². The molecule has 1 N–H and O–H groups in total. The van der Waals surface area contributed by atoms with Crippen LogP contribution in [0.25, 0.3) is 0 Å². The van der Waals surface area contributed by atoms with Gasteiger partial charge in [-0.1, -0.05) is 33.1 Å². The number of rotatable bonds is 5. The van der Waals surface area contributed by atoms with Crippen molar-refractivity contribution in [1.82, 2.24) is 10.2 Å². The number of piperidine rings is 1. The molecule has 2 heteroatoms. The zero-order valence-electron chi connectivity index (χ0n) is 12.5. The third kappa shape index (κ3) is 4.24. The lowest BCUT2D eigenvalue weighted by molar-refractivity contribution is 0.186. The van der Waals surface area contributed by atoms with Gasteiger partial charge in [0.1, 0.15) is 0 Å². The van der Waals surface area contributed by atoms with Gasteiger partial charge in [0.25, 0.3) is 0 Å². The van der Waals surface area contributed by atoms with Crippen LogP contribution >= 0.6 is 0 Å². The van der Waals surface area contributed by atoms with E-state index in [-0.39, 0.29) is 0 Å². The summed E-state index contributed by atoms with van der Waals surface area (Å²) in [4.78, 5) is 2.64. The average molecular weight is 252 g/mol. The molecule has 2 aliphatic rings. The zero-order chi connectivity index (χ0) is 12.8. The second-order valence-corrected chi connectivity index (χ2v) is 6.66. The maximum Gasteiger partial charge on any atom is 0.0107 e. The molecule has 0 spiro atoms. The van der Waals surface area contributed by atoms with Gasteiger partial charge in [-0.25, -0.2) is 0 Å². The Kier molecular flexibility index (Phi) is 5.97. The summed E-state index contributed by atoms with van der Waals surface area (Å²) >= 11 is 0. The molecule has 0 aromatic rings. The van der Waals surface area contributed by atoms with Gasteiger partial charge < -0.3 is 10.2 Å². The first-order chi connectivity index (χ1) is 8.77. The van der Waals surface area contributed by atoms with Gasteiger partial charge in [0.05, 0.1) is 0 Å². The van der Waals surface area contributed by atoms with Crippen LogP contribution in [0.15, 0.2) is 0 Å². The Bertz CT molecular complexity index is 221. The highest BCUT2D eigenvalue weighted by Gasteiger charge is 2.26. The Morgan fingerprint density at radius 3 is 2.44 bits per heavy atom. The molecule has 0 amide bonds. The van der Waals surface area contributed by atoms with Gasteiger partial charge in [0.2, 0.25) is 0 Å². The van der Waals surface area contributed by atoms with Crippen molar-refractivity contribution >= 4 is 0 Å². The van der Waals surface area contributed by atoms with E-state index < -0.39 is 0 Å². The quantitative estimate of drug-likeness (QED) is 0.808. The Hall–Kier alpha value is -0.0800. The normalized spacial score (nSPS) is 30.8. The molecule has 2 unspecified atom stereocenters. The fourth-order valence-corrected chi connectivity index (χ4v) is 3.80. The van der Waals surface area contributed by atoms with E-state index in [1.54, 1.807) is 0 Å². The van der Waals surface area contributed by atoms with Crippen molar-refractivity contribution in [2.75, 3.05) is 26.2 Å². The summed E-state index contributed by atoms with van der Waals surface area (Å²) < 4.78 is 0. The van der Waals surface area contributed by atoms with Crippen molar-refractivity contribution in [3.63, 3.8) is 0 Å². The van der Waals surface area contributed by atoms with Crippen LogP contribution in [-0.2, 0) is 0 Å². The minimum absolute atomic E-state index is 0.795. The van der Waals surface area contributed by atoms with Crippen LogP contribution in [0.2, 0.25) is 0 Å². The number of nitrogens with zero attached hydrogens (tertiary/aromatic N) is 1. The molecule has 1 heterocycles. The SMILES string of the molecule is CC(C)C1CCCCC1NCCN1CCCCC1. The van der Waals surface area contributed by atoms with Crippen LogP contribution in [0, 0.1) is 11.8 Å². The summed E-state index contributed by atoms with van der Waals surface area (Å²) in [6.07, 6.45) is 10.0. The van der Waals surface area contributed by atoms with E-state index >= 15 is 0 Å². The standard InChI is InChI=1S/C16H32N2/c1-14(2)15-8-4-5-9-16(15)17-10-13-18-11-6-3-7-12-18/h14-17H,3-13H2,1-2H3. The second kappa shape index (κ2) is 7.49. The second-order valence-electron chi connectivity index (χ2n) is 6.66. The van der Waals surface area contributed by atoms with Gasteiger partial charge in [-0.3, -0.25) is 0 Å². The molecule has 2 rings (SSSR count). The highest BCUT2D eigenvalue weighted by Crippen LogP contribution is 2.30. The van der Waals surface area contributed by atoms with E-state index in [9.17, 15) is 0 Å². The van der Waals surface area contributed by atoms with Crippen LogP contribution in [-0.4, -0.2) is 37.1 Å². The van der Waals surface area contributed by atoms with Crippen LogP contribution in [0.3, 0.4) is 0 Å². The first kappa shape index (κ1) is 14.3. The molecule has 1 aliphatic carbocycles. The summed E-state index contributed by atoms with van der Waals surface area (Å²) in [6.45, 7) is 9.93. The first-order valence-corrected chi connectivity index (χ1v) is 8.23. The van der Waals surface area contributed by atoms with Gasteiger partial charge in [-0.2, -0.15) is 0 Å². The van der Waals surface area contributed by atoms with Crippen molar-refractivity contribution in [3.05, 3.63) is 0 Å². The molecule has 0 aromatic carbocycles. The van der Waals surface area contributed by atoms with Crippen molar-refractivity contribution in [2.45, 2.75) is 64.8 Å². The van der Waals surface area contributed by atoms with Gasteiger partial charge in [0, 0.05) is 19.1 Å². The molecule has 18 heavy (non-hydrogen) atoms. The average Bonchev–Trinajstić information content (AvgIpc) is 2.40. The number of likely N-dealkylation sites (tertiary alicyclic amines) is 1. The minimum atomic E-state index is 0.795. The van der Waals surface area contributed by atoms with Crippen LogP contribution < -0.4 is 5.32 Å². The lowest BCUT2D eigenvalue weighted by Crippen LogP contribution is -2.44.